The Hall–Kier alpha value is -0.160. The summed E-state index contributed by atoms with van der Waals surface area (Å²) in [5.74, 6) is 9.40. The second kappa shape index (κ2) is 22.3. The zero-order chi connectivity index (χ0) is 46.1. The highest BCUT2D eigenvalue weighted by molar-refractivity contribution is 5.14. The molecule has 4 nitrogen and oxygen atoms in total. The van der Waals surface area contributed by atoms with Gasteiger partial charge in [0.2, 0.25) is 0 Å². The number of ether oxygens (including phenoxy) is 2. The van der Waals surface area contributed by atoms with Gasteiger partial charge in [-0.2, -0.15) is 0 Å². The van der Waals surface area contributed by atoms with Crippen LogP contribution >= 0.6 is 0 Å². The lowest BCUT2D eigenvalue weighted by atomic mass is 9.49. The summed E-state index contributed by atoms with van der Waals surface area (Å²) >= 11 is 0. The topological polar surface area (TPSA) is 24.9 Å². The molecule has 372 valence electrons. The maximum Gasteiger partial charge on any atom is 0.0581 e. The minimum atomic E-state index is 0.365. The first-order valence-electron chi connectivity index (χ1n) is 29.2. The van der Waals surface area contributed by atoms with Crippen LogP contribution < -0.4 is 0 Å². The first kappa shape index (κ1) is 51.7. The van der Waals surface area contributed by atoms with Gasteiger partial charge in [-0.15, -0.1) is 0 Å². The van der Waals surface area contributed by atoms with E-state index < -0.39 is 0 Å². The van der Waals surface area contributed by atoms with Gasteiger partial charge < -0.3 is 9.47 Å². The summed E-state index contributed by atoms with van der Waals surface area (Å²) < 4.78 is 13.5. The maximum absolute atomic E-state index is 6.74. The monoisotopic (exact) mass is 891 g/mol. The Kier molecular flexibility index (Phi) is 18.0. The van der Waals surface area contributed by atoms with E-state index in [2.05, 4.69) is 107 Å². The third-order valence-electron chi connectivity index (χ3n) is 20.9. The van der Waals surface area contributed by atoms with Crippen LogP contribution in [0, 0.1) is 81.8 Å². The molecule has 7 aliphatic rings. The predicted molar refractivity (Wildman–Crippen MR) is 274 cm³/mol. The fourth-order valence-electron chi connectivity index (χ4n) is 17.4. The van der Waals surface area contributed by atoms with Gasteiger partial charge in [-0.05, 0) is 210 Å². The summed E-state index contributed by atoms with van der Waals surface area (Å²) in [4.78, 5) is 6.99. The van der Waals surface area contributed by atoms with E-state index in [9.17, 15) is 0 Å². The maximum atomic E-state index is 6.74. The van der Waals surface area contributed by atoms with Crippen molar-refractivity contribution in [2.75, 3.05) is 13.2 Å². The van der Waals surface area contributed by atoms with Gasteiger partial charge in [-0.1, -0.05) is 110 Å². The van der Waals surface area contributed by atoms with Gasteiger partial charge in [-0.3, -0.25) is 9.80 Å². The average Bonchev–Trinajstić information content (AvgIpc) is 3.23. The Balaban J connectivity index is 1.35. The van der Waals surface area contributed by atoms with Gasteiger partial charge in [0.15, 0.2) is 0 Å². The summed E-state index contributed by atoms with van der Waals surface area (Å²) in [7, 11) is 0. The Labute approximate surface area is 399 Å². The number of unbranched alkanes of at least 4 members (excludes halogenated alkanes) is 2. The summed E-state index contributed by atoms with van der Waals surface area (Å²) in [6.07, 6.45) is 31.0. The summed E-state index contributed by atoms with van der Waals surface area (Å²) in [6, 6.07) is 4.33. The average molecular weight is 892 g/mol. The standard InChI is InChI=1S/C60H110N2O2/c1-15-17-31-63-49-33-41(5)55(42(6)34-49)61(47-25-19-39(3)20-26-47)57-51-29-23-46(60(12,13)14)38-54(51)58(52-30-24-45(37-53(52)57)59(9,10)11)62(48-27-21-40(4)22-28-48)56-43(7)35-50(36-44(56)8)64-32-18-16-2/h39-58H,15-38H2,1-14H3. The molecule has 0 amide bonds. The van der Waals surface area contributed by atoms with Crippen molar-refractivity contribution in [3.8, 4) is 0 Å². The van der Waals surface area contributed by atoms with E-state index in [0.29, 0.717) is 58.8 Å². The molecule has 4 heteroatoms. The summed E-state index contributed by atoms with van der Waals surface area (Å²) in [5.41, 5.74) is 0.730. The van der Waals surface area contributed by atoms with Gasteiger partial charge in [0.05, 0.1) is 12.2 Å². The van der Waals surface area contributed by atoms with Crippen molar-refractivity contribution in [1.29, 1.82) is 0 Å². The zero-order valence-electron chi connectivity index (χ0n) is 45.2. The van der Waals surface area contributed by atoms with E-state index in [4.69, 9.17) is 9.47 Å². The molecule has 0 heterocycles. The summed E-state index contributed by atoms with van der Waals surface area (Å²) in [5, 5.41) is 0. The highest BCUT2D eigenvalue weighted by Gasteiger charge is 2.61. The number of fused-ring (bicyclic) bond motifs is 2. The SMILES string of the molecule is CCCCOC1CC(C)C(N(C2CCC(C)CC2)C2C3CCC(C(C)(C)C)CC3C(N(C3CCC(C)CC3)C3C(C)CC(OCCCC)CC3C)C3CCC(C(C)(C)C)CC32)C(C)C1. The highest BCUT2D eigenvalue weighted by atomic mass is 16.5. The minimum absolute atomic E-state index is 0.365. The van der Waals surface area contributed by atoms with Crippen molar-refractivity contribution in [2.24, 2.45) is 81.8 Å². The van der Waals surface area contributed by atoms with Gasteiger partial charge in [0, 0.05) is 49.5 Å². The molecule has 0 radical (unpaired) electrons. The number of nitrogens with zero attached hydrogens (tertiary/aromatic N) is 2. The molecule has 0 bridgehead atoms. The number of hydrogen-bond acceptors (Lipinski definition) is 4. The third-order valence-corrected chi connectivity index (χ3v) is 20.9. The van der Waals surface area contributed by atoms with E-state index in [0.717, 1.165) is 84.7 Å². The molecule has 7 fully saturated rings. The second-order valence-corrected chi connectivity index (χ2v) is 27.6. The van der Waals surface area contributed by atoms with E-state index in [1.807, 2.05) is 0 Å². The molecule has 0 aromatic heterocycles. The van der Waals surface area contributed by atoms with E-state index >= 15 is 0 Å². The lowest BCUT2D eigenvalue weighted by Crippen LogP contribution is -2.71. The van der Waals surface area contributed by atoms with Crippen molar-refractivity contribution in [3.05, 3.63) is 0 Å². The lowest BCUT2D eigenvalue weighted by Gasteiger charge is -2.67. The molecule has 12 atom stereocenters. The quantitative estimate of drug-likeness (QED) is 0.162. The zero-order valence-corrected chi connectivity index (χ0v) is 45.2. The molecule has 0 N–H and O–H groups in total. The van der Waals surface area contributed by atoms with Gasteiger partial charge in [0.1, 0.15) is 0 Å². The van der Waals surface area contributed by atoms with Crippen molar-refractivity contribution in [1.82, 2.24) is 9.80 Å². The minimum Gasteiger partial charge on any atom is -0.378 e. The van der Waals surface area contributed by atoms with Gasteiger partial charge >= 0.3 is 0 Å². The van der Waals surface area contributed by atoms with Crippen LogP contribution in [0.1, 0.15) is 238 Å². The van der Waals surface area contributed by atoms with Crippen molar-refractivity contribution < 1.29 is 9.47 Å². The molecular formula is C60H110N2O2. The van der Waals surface area contributed by atoms with Crippen molar-refractivity contribution in [3.63, 3.8) is 0 Å². The molecule has 12 unspecified atom stereocenters. The Morgan fingerprint density at radius 2 is 0.719 bits per heavy atom. The molecule has 0 aliphatic heterocycles. The van der Waals surface area contributed by atoms with Crippen LogP contribution in [0.15, 0.2) is 0 Å². The van der Waals surface area contributed by atoms with Crippen LogP contribution in [-0.4, -0.2) is 71.5 Å². The molecule has 0 aromatic rings. The Morgan fingerprint density at radius 1 is 0.391 bits per heavy atom. The molecule has 64 heavy (non-hydrogen) atoms. The molecule has 7 rings (SSSR count). The van der Waals surface area contributed by atoms with Gasteiger partial charge in [-0.25, -0.2) is 0 Å². The van der Waals surface area contributed by atoms with Crippen LogP contribution in [0.4, 0.5) is 0 Å². The second-order valence-electron chi connectivity index (χ2n) is 27.6. The highest BCUT2D eigenvalue weighted by Crippen LogP contribution is 2.61. The smallest absolute Gasteiger partial charge is 0.0581 e. The first-order valence-corrected chi connectivity index (χ1v) is 29.2. The van der Waals surface area contributed by atoms with Crippen LogP contribution in [0.5, 0.6) is 0 Å². The molecule has 7 saturated carbocycles. The largest absolute Gasteiger partial charge is 0.378 e. The Morgan fingerprint density at radius 3 is 1.02 bits per heavy atom. The number of hydrogen-bond donors (Lipinski definition) is 0. The van der Waals surface area contributed by atoms with E-state index in [-0.39, 0.29) is 0 Å². The normalized spacial score (nSPS) is 45.0. The fourth-order valence-corrected chi connectivity index (χ4v) is 17.4. The van der Waals surface area contributed by atoms with Crippen molar-refractivity contribution >= 4 is 0 Å². The van der Waals surface area contributed by atoms with Crippen LogP contribution in [-0.2, 0) is 9.47 Å². The molecule has 0 spiro atoms. The predicted octanol–water partition coefficient (Wildman–Crippen LogP) is 15.9. The molecule has 0 aromatic carbocycles. The third kappa shape index (κ3) is 11.7. The Bertz CT molecular complexity index is 1260. The van der Waals surface area contributed by atoms with Crippen LogP contribution in [0.2, 0.25) is 0 Å². The van der Waals surface area contributed by atoms with Crippen LogP contribution in [0.25, 0.3) is 0 Å². The first-order chi connectivity index (χ1) is 30.4. The van der Waals surface area contributed by atoms with Crippen LogP contribution in [0.3, 0.4) is 0 Å². The molecule has 7 aliphatic carbocycles. The van der Waals surface area contributed by atoms with E-state index in [1.165, 1.54) is 141 Å². The summed E-state index contributed by atoms with van der Waals surface area (Å²) in [6.45, 7) is 38.2. The lowest BCUT2D eigenvalue weighted by molar-refractivity contribution is -0.184. The molecular weight excluding hydrogens is 781 g/mol. The van der Waals surface area contributed by atoms with E-state index in [1.54, 1.807) is 0 Å². The van der Waals surface area contributed by atoms with Gasteiger partial charge in [0.25, 0.3) is 0 Å². The number of rotatable bonds is 14. The van der Waals surface area contributed by atoms with Crippen molar-refractivity contribution in [2.45, 2.75) is 287 Å². The molecule has 0 saturated heterocycles. The fraction of sp³-hybridized carbons (Fsp3) is 1.00.